The quantitative estimate of drug-likeness (QED) is 0.398. The molecule has 5 rings (SSSR count). The van der Waals surface area contributed by atoms with E-state index in [1.54, 1.807) is 31.4 Å². The molecule has 0 bridgehead atoms. The lowest BCUT2D eigenvalue weighted by atomic mass is 9.97. The molecule has 7 nitrogen and oxygen atoms in total. The van der Waals surface area contributed by atoms with E-state index in [0.717, 1.165) is 11.3 Å². The van der Waals surface area contributed by atoms with Gasteiger partial charge >= 0.3 is 5.63 Å². The molecule has 1 aliphatic heterocycles. The van der Waals surface area contributed by atoms with Crippen LogP contribution in [0.25, 0.3) is 11.0 Å². The second kappa shape index (κ2) is 8.94. The third-order valence-electron chi connectivity index (χ3n) is 5.88. The van der Waals surface area contributed by atoms with Crippen LogP contribution in [0, 0.1) is 0 Å². The van der Waals surface area contributed by atoms with E-state index in [9.17, 15) is 9.90 Å². The first kappa shape index (κ1) is 21.6. The number of ether oxygens (including phenoxy) is 2. The number of para-hydroxylation sites is 2. The van der Waals surface area contributed by atoms with Crippen LogP contribution >= 0.6 is 0 Å². The zero-order valence-corrected chi connectivity index (χ0v) is 18.9. The van der Waals surface area contributed by atoms with Gasteiger partial charge in [-0.05, 0) is 48.9 Å². The number of hydrazone groups is 1. The van der Waals surface area contributed by atoms with Crippen molar-refractivity contribution in [2.75, 3.05) is 18.7 Å². The number of rotatable bonds is 6. The second-order valence-electron chi connectivity index (χ2n) is 7.90. The predicted molar refractivity (Wildman–Crippen MR) is 131 cm³/mol. The summed E-state index contributed by atoms with van der Waals surface area (Å²) in [6, 6.07) is 22.2. The van der Waals surface area contributed by atoms with E-state index in [0.29, 0.717) is 41.2 Å². The number of fused-ring (bicyclic) bond motifs is 1. The van der Waals surface area contributed by atoms with Crippen molar-refractivity contribution in [3.05, 3.63) is 94.3 Å². The molecule has 1 aromatic heterocycles. The van der Waals surface area contributed by atoms with Gasteiger partial charge in [0, 0.05) is 6.42 Å². The number of aromatic hydroxyl groups is 1. The molecule has 172 valence electrons. The largest absolute Gasteiger partial charge is 0.506 e. The molecule has 4 aromatic rings. The number of anilines is 1. The monoisotopic (exact) mass is 456 g/mol. The van der Waals surface area contributed by atoms with Gasteiger partial charge in [0.15, 0.2) is 11.5 Å². The summed E-state index contributed by atoms with van der Waals surface area (Å²) in [4.78, 5) is 12.9. The van der Waals surface area contributed by atoms with Gasteiger partial charge in [-0.1, -0.05) is 36.4 Å². The highest BCUT2D eigenvalue weighted by Crippen LogP contribution is 2.41. The van der Waals surface area contributed by atoms with E-state index >= 15 is 0 Å². The molecule has 0 unspecified atom stereocenters. The van der Waals surface area contributed by atoms with E-state index in [2.05, 4.69) is 0 Å². The lowest BCUT2D eigenvalue weighted by Crippen LogP contribution is -2.18. The number of nitrogens with zero attached hydrogens (tertiary/aromatic N) is 2. The average Bonchev–Trinajstić information content (AvgIpc) is 3.30. The fourth-order valence-corrected chi connectivity index (χ4v) is 4.29. The van der Waals surface area contributed by atoms with Crippen LogP contribution in [0.4, 0.5) is 5.69 Å². The van der Waals surface area contributed by atoms with Gasteiger partial charge in [0.1, 0.15) is 16.9 Å². The molecule has 3 aromatic carbocycles. The van der Waals surface area contributed by atoms with Gasteiger partial charge in [-0.3, -0.25) is 5.01 Å². The van der Waals surface area contributed by atoms with Crippen molar-refractivity contribution in [3.63, 3.8) is 0 Å². The van der Waals surface area contributed by atoms with Gasteiger partial charge in [-0.2, -0.15) is 5.10 Å². The molecule has 0 saturated heterocycles. The van der Waals surface area contributed by atoms with E-state index in [1.807, 2.05) is 60.5 Å². The Hall–Kier alpha value is -4.26. The number of hydrogen-bond acceptors (Lipinski definition) is 7. The van der Waals surface area contributed by atoms with Crippen molar-refractivity contribution < 1.29 is 19.0 Å². The molecule has 2 heterocycles. The van der Waals surface area contributed by atoms with E-state index in [4.69, 9.17) is 19.0 Å². The van der Waals surface area contributed by atoms with E-state index in [1.165, 1.54) is 0 Å². The highest BCUT2D eigenvalue weighted by molar-refractivity contribution is 6.08. The topological polar surface area (TPSA) is 84.5 Å². The molecule has 0 aliphatic carbocycles. The Morgan fingerprint density at radius 3 is 2.59 bits per heavy atom. The zero-order valence-electron chi connectivity index (χ0n) is 18.9. The fraction of sp³-hybridized carbons (Fsp3) is 0.185. The molecule has 34 heavy (non-hydrogen) atoms. The first-order chi connectivity index (χ1) is 16.6. The first-order valence-corrected chi connectivity index (χ1v) is 11.1. The molecule has 0 saturated carbocycles. The van der Waals surface area contributed by atoms with Crippen molar-refractivity contribution in [1.82, 2.24) is 0 Å². The Labute approximate surface area is 196 Å². The maximum Gasteiger partial charge on any atom is 0.349 e. The normalized spacial score (nSPS) is 15.4. The molecule has 1 aliphatic rings. The third-order valence-corrected chi connectivity index (χ3v) is 5.88. The molecule has 1 atom stereocenters. The highest BCUT2D eigenvalue weighted by Gasteiger charge is 2.33. The molecule has 1 N–H and O–H groups in total. The molecule has 7 heteroatoms. The Morgan fingerprint density at radius 2 is 1.82 bits per heavy atom. The van der Waals surface area contributed by atoms with Crippen LogP contribution in [-0.2, 0) is 0 Å². The first-order valence-electron chi connectivity index (χ1n) is 11.1. The van der Waals surface area contributed by atoms with Gasteiger partial charge < -0.3 is 19.0 Å². The summed E-state index contributed by atoms with van der Waals surface area (Å²) in [5, 5.41) is 18.1. The summed E-state index contributed by atoms with van der Waals surface area (Å²) < 4.78 is 16.7. The van der Waals surface area contributed by atoms with Crippen LogP contribution in [0.2, 0.25) is 0 Å². The van der Waals surface area contributed by atoms with Gasteiger partial charge in [-0.15, -0.1) is 0 Å². The van der Waals surface area contributed by atoms with Crippen LogP contribution in [0.3, 0.4) is 0 Å². The minimum absolute atomic E-state index is 0.0834. The number of methoxy groups -OCH3 is 1. The Morgan fingerprint density at radius 1 is 1.06 bits per heavy atom. The molecule has 0 spiro atoms. The Bertz CT molecular complexity index is 1430. The molecular weight excluding hydrogens is 432 g/mol. The zero-order chi connectivity index (χ0) is 23.7. The van der Waals surface area contributed by atoms with Crippen LogP contribution in [0.5, 0.6) is 17.2 Å². The van der Waals surface area contributed by atoms with Crippen LogP contribution in [0.15, 0.2) is 87.1 Å². The summed E-state index contributed by atoms with van der Waals surface area (Å²) in [6.45, 7) is 2.45. The van der Waals surface area contributed by atoms with Crippen molar-refractivity contribution in [1.29, 1.82) is 0 Å². The minimum Gasteiger partial charge on any atom is -0.506 e. The fourth-order valence-electron chi connectivity index (χ4n) is 4.29. The van der Waals surface area contributed by atoms with Crippen LogP contribution in [0.1, 0.15) is 30.5 Å². The van der Waals surface area contributed by atoms with Gasteiger partial charge in [0.05, 0.1) is 36.5 Å². The van der Waals surface area contributed by atoms with Crippen molar-refractivity contribution in [2.45, 2.75) is 19.4 Å². The summed E-state index contributed by atoms with van der Waals surface area (Å²) in [5.41, 5.74) is 2.05. The lowest BCUT2D eigenvalue weighted by molar-refractivity contribution is 0.310. The maximum absolute atomic E-state index is 12.9. The molecular formula is C27H24N2O5. The predicted octanol–water partition coefficient (Wildman–Crippen LogP) is 5.26. The Balaban J connectivity index is 1.62. The maximum atomic E-state index is 12.9. The average molecular weight is 456 g/mol. The SMILES string of the molecule is CCOc1ccc([C@@H]2CC(c3c(O)c4ccccc4oc3=O)=NN2c2ccccc2)cc1OC. The summed E-state index contributed by atoms with van der Waals surface area (Å²) in [5.74, 6) is 1.16. The van der Waals surface area contributed by atoms with E-state index < -0.39 is 5.63 Å². The van der Waals surface area contributed by atoms with Crippen molar-refractivity contribution >= 4 is 22.4 Å². The van der Waals surface area contributed by atoms with Crippen molar-refractivity contribution in [3.8, 4) is 17.2 Å². The Kier molecular flexibility index (Phi) is 5.67. The van der Waals surface area contributed by atoms with Crippen molar-refractivity contribution in [2.24, 2.45) is 5.10 Å². The van der Waals surface area contributed by atoms with Gasteiger partial charge in [0.25, 0.3) is 0 Å². The summed E-state index contributed by atoms with van der Waals surface area (Å²) >= 11 is 0. The molecule has 0 amide bonds. The smallest absolute Gasteiger partial charge is 0.349 e. The number of benzene rings is 3. The molecule has 0 radical (unpaired) electrons. The summed E-state index contributed by atoms with van der Waals surface area (Å²) in [7, 11) is 1.60. The minimum atomic E-state index is -0.618. The second-order valence-corrected chi connectivity index (χ2v) is 7.90. The van der Waals surface area contributed by atoms with Gasteiger partial charge in [0.2, 0.25) is 0 Å². The van der Waals surface area contributed by atoms with Gasteiger partial charge in [-0.25, -0.2) is 4.79 Å². The third kappa shape index (κ3) is 3.75. The number of hydrogen-bond donors (Lipinski definition) is 1. The lowest BCUT2D eigenvalue weighted by Gasteiger charge is -2.24. The highest BCUT2D eigenvalue weighted by atomic mass is 16.5. The molecule has 0 fully saturated rings. The van der Waals surface area contributed by atoms with Crippen LogP contribution < -0.4 is 20.1 Å². The summed E-state index contributed by atoms with van der Waals surface area (Å²) in [6.07, 6.45) is 0.392. The van der Waals surface area contributed by atoms with Crippen LogP contribution in [-0.4, -0.2) is 24.5 Å². The van der Waals surface area contributed by atoms with E-state index in [-0.39, 0.29) is 17.4 Å². The standard InChI is InChI=1S/C27H24N2O5/c1-3-33-23-14-13-17(15-24(23)32-2)21-16-20(28-29(21)18-9-5-4-6-10-18)25-26(30)19-11-7-8-12-22(19)34-27(25)31/h4-15,21,30H,3,16H2,1-2H3/t21-/m0/s1.